The Balaban J connectivity index is 1.24. The highest BCUT2D eigenvalue weighted by atomic mass is 14.2. The van der Waals surface area contributed by atoms with Crippen molar-refractivity contribution in [3.05, 3.63) is 180 Å². The molecule has 0 spiro atoms. The summed E-state index contributed by atoms with van der Waals surface area (Å²) in [6.07, 6.45) is 4.56. The van der Waals surface area contributed by atoms with Gasteiger partial charge in [-0.15, -0.1) is 0 Å². The van der Waals surface area contributed by atoms with Gasteiger partial charge in [0.25, 0.3) is 0 Å². The summed E-state index contributed by atoms with van der Waals surface area (Å²) in [5, 5.41) is 12.8. The van der Waals surface area contributed by atoms with Crippen molar-refractivity contribution in [2.24, 2.45) is 0 Å². The van der Waals surface area contributed by atoms with E-state index in [2.05, 4.69) is 196 Å². The summed E-state index contributed by atoms with van der Waals surface area (Å²) >= 11 is 0. The predicted octanol–water partition coefficient (Wildman–Crippen LogP) is 12.6. The van der Waals surface area contributed by atoms with Gasteiger partial charge < -0.3 is 0 Å². The fourth-order valence-corrected chi connectivity index (χ4v) is 8.13. The molecule has 0 heteroatoms. The highest BCUT2D eigenvalue weighted by molar-refractivity contribution is 6.21. The molecule has 0 saturated carbocycles. The van der Waals surface area contributed by atoms with Crippen molar-refractivity contribution in [1.29, 1.82) is 0 Å². The number of hydrogen-bond donors (Lipinski definition) is 0. The van der Waals surface area contributed by atoms with Crippen molar-refractivity contribution in [3.63, 3.8) is 0 Å². The van der Waals surface area contributed by atoms with E-state index < -0.39 is 0 Å². The van der Waals surface area contributed by atoms with Crippen molar-refractivity contribution < 1.29 is 0 Å². The Labute approximate surface area is 292 Å². The standard InChI is InChI=1S/C50H36/c1-3-39-40(4-2)50(46-27-13-12-26-45(46)49(39)34-17-6-5-7-18-34)38-22-15-20-36(31-38)35-19-14-21-37(30-35)47-32-48-41-23-9-8-16-33(41)28-29-44(48)42-24-10-11-25-43(42)47/h3-32H,1-2H3. The largest absolute Gasteiger partial charge is 0.0791 e. The Kier molecular flexibility index (Phi) is 7.37. The molecule has 50 heavy (non-hydrogen) atoms. The number of fused-ring (bicyclic) bond motifs is 6. The molecule has 0 N–H and O–H groups in total. The molecule has 0 unspecified atom stereocenters. The summed E-state index contributed by atoms with van der Waals surface area (Å²) in [6, 6.07) is 62.4. The van der Waals surface area contributed by atoms with Crippen LogP contribution in [0.4, 0.5) is 0 Å². The summed E-state index contributed by atoms with van der Waals surface area (Å²) in [5.74, 6) is 0. The molecule has 0 aliphatic carbocycles. The van der Waals surface area contributed by atoms with Crippen LogP contribution in [0.15, 0.2) is 170 Å². The van der Waals surface area contributed by atoms with Gasteiger partial charge in [-0.25, -0.2) is 0 Å². The van der Waals surface area contributed by atoms with Crippen LogP contribution in [0.25, 0.3) is 99.7 Å². The molecule has 0 aliphatic rings. The Morgan fingerprint density at radius 3 is 1.46 bits per heavy atom. The van der Waals surface area contributed by atoms with E-state index in [0.717, 1.165) is 0 Å². The molecule has 0 amide bonds. The van der Waals surface area contributed by atoms with Crippen LogP contribution in [0.5, 0.6) is 0 Å². The highest BCUT2D eigenvalue weighted by Crippen LogP contribution is 2.39. The molecule has 0 radical (unpaired) electrons. The second kappa shape index (κ2) is 12.3. The number of hydrogen-bond acceptors (Lipinski definition) is 0. The molecule has 236 valence electrons. The van der Waals surface area contributed by atoms with Crippen LogP contribution in [0.1, 0.15) is 13.8 Å². The molecular formula is C50H36. The van der Waals surface area contributed by atoms with E-state index in [0.29, 0.717) is 0 Å². The summed E-state index contributed by atoms with van der Waals surface area (Å²) in [4.78, 5) is 0. The zero-order valence-electron chi connectivity index (χ0n) is 28.3. The molecule has 9 aromatic carbocycles. The Morgan fingerprint density at radius 1 is 0.300 bits per heavy atom. The van der Waals surface area contributed by atoms with E-state index in [1.54, 1.807) is 0 Å². The van der Waals surface area contributed by atoms with Crippen LogP contribution in [0, 0.1) is 0 Å². The van der Waals surface area contributed by atoms with Crippen molar-refractivity contribution >= 4 is 55.2 Å². The highest BCUT2D eigenvalue weighted by Gasteiger charge is 2.16. The van der Waals surface area contributed by atoms with Gasteiger partial charge in [-0.2, -0.15) is 0 Å². The van der Waals surface area contributed by atoms with Gasteiger partial charge in [0.15, 0.2) is 0 Å². The maximum Gasteiger partial charge on any atom is -0.00296 e. The summed E-state index contributed by atoms with van der Waals surface area (Å²) < 4.78 is 0. The second-order valence-electron chi connectivity index (χ2n) is 13.1. The normalized spacial score (nSPS) is 12.4. The molecule has 0 saturated heterocycles. The molecule has 0 bridgehead atoms. The monoisotopic (exact) mass is 636 g/mol. The van der Waals surface area contributed by atoms with Crippen molar-refractivity contribution in [2.45, 2.75) is 13.8 Å². The van der Waals surface area contributed by atoms with Gasteiger partial charge in [0.2, 0.25) is 0 Å². The average molecular weight is 637 g/mol. The van der Waals surface area contributed by atoms with Crippen LogP contribution < -0.4 is 10.4 Å². The molecule has 0 aromatic heterocycles. The Hall–Kier alpha value is -6.24. The minimum absolute atomic E-state index is 1.21. The third-order valence-electron chi connectivity index (χ3n) is 10.4. The van der Waals surface area contributed by atoms with Gasteiger partial charge in [0.1, 0.15) is 0 Å². The third-order valence-corrected chi connectivity index (χ3v) is 10.4. The first kappa shape index (κ1) is 29.9. The van der Waals surface area contributed by atoms with Crippen LogP contribution in [0.2, 0.25) is 0 Å². The van der Waals surface area contributed by atoms with E-state index in [4.69, 9.17) is 0 Å². The van der Waals surface area contributed by atoms with E-state index in [1.807, 2.05) is 0 Å². The lowest BCUT2D eigenvalue weighted by molar-refractivity contribution is 1.50. The Morgan fingerprint density at radius 2 is 0.780 bits per heavy atom. The first-order valence-corrected chi connectivity index (χ1v) is 17.5. The predicted molar refractivity (Wildman–Crippen MR) is 218 cm³/mol. The third kappa shape index (κ3) is 4.84. The molecule has 0 fully saturated rings. The van der Waals surface area contributed by atoms with Crippen LogP contribution in [-0.2, 0) is 0 Å². The maximum atomic E-state index is 2.40. The molecule has 9 aromatic rings. The van der Waals surface area contributed by atoms with Crippen LogP contribution in [-0.4, -0.2) is 0 Å². The summed E-state index contributed by atoms with van der Waals surface area (Å²) in [5.41, 5.74) is 9.94. The smallest absolute Gasteiger partial charge is 0.00296 e. The molecule has 0 nitrogen and oxygen atoms in total. The van der Waals surface area contributed by atoms with Gasteiger partial charge in [-0.05, 0) is 130 Å². The fraction of sp³-hybridized carbons (Fsp3) is 0.0400. The van der Waals surface area contributed by atoms with Crippen LogP contribution in [0.3, 0.4) is 0 Å². The zero-order valence-corrected chi connectivity index (χ0v) is 28.3. The van der Waals surface area contributed by atoms with Crippen LogP contribution >= 0.6 is 0 Å². The topological polar surface area (TPSA) is 0 Å². The van der Waals surface area contributed by atoms with Gasteiger partial charge in [-0.3, -0.25) is 0 Å². The van der Waals surface area contributed by atoms with E-state index >= 15 is 0 Å². The zero-order chi connectivity index (χ0) is 33.6. The van der Waals surface area contributed by atoms with Crippen molar-refractivity contribution in [2.75, 3.05) is 0 Å². The lowest BCUT2D eigenvalue weighted by Crippen LogP contribution is -2.29. The van der Waals surface area contributed by atoms with E-state index in [-0.39, 0.29) is 0 Å². The van der Waals surface area contributed by atoms with Crippen molar-refractivity contribution in [1.82, 2.24) is 0 Å². The maximum absolute atomic E-state index is 2.40. The molecule has 0 atom stereocenters. The van der Waals surface area contributed by atoms with Crippen molar-refractivity contribution in [3.8, 4) is 44.5 Å². The van der Waals surface area contributed by atoms with E-state index in [9.17, 15) is 0 Å². The first-order chi connectivity index (χ1) is 24.7. The fourth-order valence-electron chi connectivity index (χ4n) is 8.13. The van der Waals surface area contributed by atoms with Gasteiger partial charge >= 0.3 is 0 Å². The molecule has 0 heterocycles. The minimum Gasteiger partial charge on any atom is -0.0791 e. The lowest BCUT2D eigenvalue weighted by atomic mass is 9.87. The summed E-state index contributed by atoms with van der Waals surface area (Å²) in [6.45, 7) is 4.33. The molecule has 0 aliphatic heterocycles. The SMILES string of the molecule is CC=c1c(-c2ccccc2)c2ccccc2c(-c2cccc(-c3cccc(-c4cc5c6ccccc6ccc5c5ccccc45)c3)c2)c1=CC. The molecular weight excluding hydrogens is 601 g/mol. The van der Waals surface area contributed by atoms with Gasteiger partial charge in [0.05, 0.1) is 0 Å². The average Bonchev–Trinajstić information content (AvgIpc) is 3.19. The number of benzene rings is 9. The van der Waals surface area contributed by atoms with E-state index in [1.165, 1.54) is 98.0 Å². The lowest BCUT2D eigenvalue weighted by Gasteiger charge is -2.17. The van der Waals surface area contributed by atoms with Gasteiger partial charge in [-0.1, -0.05) is 164 Å². The minimum atomic E-state index is 1.21. The number of rotatable bonds is 4. The quantitative estimate of drug-likeness (QED) is 0.169. The summed E-state index contributed by atoms with van der Waals surface area (Å²) in [7, 11) is 0. The second-order valence-corrected chi connectivity index (χ2v) is 13.1. The van der Waals surface area contributed by atoms with Gasteiger partial charge in [0, 0.05) is 0 Å². The molecule has 9 rings (SSSR count). The first-order valence-electron chi connectivity index (χ1n) is 17.5. The Bertz CT molecular complexity index is 2870.